The maximum Gasteiger partial charge on any atom is 0.321 e. The van der Waals surface area contributed by atoms with E-state index in [1.165, 1.54) is 12.1 Å². The number of ketones is 1. The smallest absolute Gasteiger partial charge is 0.321 e. The molecule has 0 fully saturated rings. The van der Waals surface area contributed by atoms with Gasteiger partial charge in [0.15, 0.2) is 6.61 Å². The highest BCUT2D eigenvalue weighted by Gasteiger charge is 2.19. The number of nitrogens with one attached hydrogen (secondary N) is 1. The van der Waals surface area contributed by atoms with Gasteiger partial charge in [-0.1, -0.05) is 23.8 Å². The molecule has 0 aliphatic carbocycles. The summed E-state index contributed by atoms with van der Waals surface area (Å²) in [5.74, 6) is -1.13. The zero-order valence-corrected chi connectivity index (χ0v) is 17.6. The van der Waals surface area contributed by atoms with Crippen LogP contribution in [-0.2, 0) is 19.6 Å². The summed E-state index contributed by atoms with van der Waals surface area (Å²) < 4.78 is 31.5. The van der Waals surface area contributed by atoms with Crippen LogP contribution in [-0.4, -0.2) is 33.3 Å². The molecule has 7 heteroatoms. The number of sulfonamides is 1. The molecule has 0 heterocycles. The fourth-order valence-corrected chi connectivity index (χ4v) is 3.91. The van der Waals surface area contributed by atoms with Crippen molar-refractivity contribution in [1.82, 2.24) is 4.72 Å². The number of benzene rings is 2. The average molecular weight is 404 g/mol. The van der Waals surface area contributed by atoms with Crippen molar-refractivity contribution < 1.29 is 22.7 Å². The zero-order chi connectivity index (χ0) is 21.1. The molecule has 2 aromatic rings. The number of carbonyl (C=O) groups is 2. The van der Waals surface area contributed by atoms with Crippen LogP contribution in [0, 0.1) is 34.6 Å². The molecule has 0 saturated heterocycles. The minimum atomic E-state index is -3.82. The van der Waals surface area contributed by atoms with Crippen LogP contribution in [0.25, 0.3) is 0 Å². The fraction of sp³-hybridized carbons (Fsp3) is 0.333. The van der Waals surface area contributed by atoms with E-state index in [1.54, 1.807) is 12.1 Å². The van der Waals surface area contributed by atoms with E-state index in [0.29, 0.717) is 5.56 Å². The van der Waals surface area contributed by atoms with E-state index in [0.717, 1.165) is 27.8 Å². The van der Waals surface area contributed by atoms with E-state index >= 15 is 0 Å². The van der Waals surface area contributed by atoms with Gasteiger partial charge in [0.1, 0.15) is 6.54 Å². The SMILES string of the molecule is Cc1ccc(S(=O)(=O)NCC(=O)OCC(=O)c2c(C)cc(C)c(C)c2C)cc1. The van der Waals surface area contributed by atoms with Crippen molar-refractivity contribution in [1.29, 1.82) is 0 Å². The van der Waals surface area contributed by atoms with Gasteiger partial charge >= 0.3 is 5.97 Å². The van der Waals surface area contributed by atoms with Gasteiger partial charge in [0.05, 0.1) is 4.90 Å². The summed E-state index contributed by atoms with van der Waals surface area (Å²) >= 11 is 0. The lowest BCUT2D eigenvalue weighted by atomic mass is 9.92. The summed E-state index contributed by atoms with van der Waals surface area (Å²) in [7, 11) is -3.82. The minimum Gasteiger partial charge on any atom is -0.456 e. The molecule has 28 heavy (non-hydrogen) atoms. The van der Waals surface area contributed by atoms with E-state index in [9.17, 15) is 18.0 Å². The lowest BCUT2D eigenvalue weighted by molar-refractivity contribution is -0.141. The summed E-state index contributed by atoms with van der Waals surface area (Å²) in [5.41, 5.74) is 5.26. The second kappa shape index (κ2) is 8.67. The number of hydrogen-bond donors (Lipinski definition) is 1. The van der Waals surface area contributed by atoms with Crippen LogP contribution >= 0.6 is 0 Å². The standard InChI is InChI=1S/C21H25NO5S/c1-13-6-8-18(9-7-13)28(25,26)22-11-20(24)27-12-19(23)21-15(3)10-14(2)16(4)17(21)5/h6-10,22H,11-12H2,1-5H3. The Morgan fingerprint density at radius 1 is 0.929 bits per heavy atom. The Morgan fingerprint density at radius 2 is 1.54 bits per heavy atom. The summed E-state index contributed by atoms with van der Waals surface area (Å²) in [5, 5.41) is 0. The Morgan fingerprint density at radius 3 is 2.14 bits per heavy atom. The molecule has 0 aromatic heterocycles. The highest BCUT2D eigenvalue weighted by molar-refractivity contribution is 7.89. The summed E-state index contributed by atoms with van der Waals surface area (Å²) in [4.78, 5) is 24.5. The van der Waals surface area contributed by atoms with Crippen molar-refractivity contribution >= 4 is 21.8 Å². The molecule has 6 nitrogen and oxygen atoms in total. The maximum absolute atomic E-state index is 12.5. The van der Waals surface area contributed by atoms with Crippen LogP contribution in [0.3, 0.4) is 0 Å². The largest absolute Gasteiger partial charge is 0.456 e. The maximum atomic E-state index is 12.5. The lowest BCUT2D eigenvalue weighted by Crippen LogP contribution is -2.31. The van der Waals surface area contributed by atoms with Crippen LogP contribution in [0.15, 0.2) is 35.2 Å². The topological polar surface area (TPSA) is 89.5 Å². The van der Waals surface area contributed by atoms with Crippen molar-refractivity contribution in [3.63, 3.8) is 0 Å². The van der Waals surface area contributed by atoms with Gasteiger partial charge in [0.25, 0.3) is 0 Å². The molecule has 0 aliphatic heterocycles. The Bertz CT molecular complexity index is 1010. The quantitative estimate of drug-likeness (QED) is 0.567. The first-order valence-corrected chi connectivity index (χ1v) is 10.3. The minimum absolute atomic E-state index is 0.0587. The van der Waals surface area contributed by atoms with Gasteiger partial charge in [-0.15, -0.1) is 0 Å². The van der Waals surface area contributed by atoms with Crippen molar-refractivity contribution in [2.75, 3.05) is 13.2 Å². The van der Waals surface area contributed by atoms with Crippen LogP contribution in [0.5, 0.6) is 0 Å². The van der Waals surface area contributed by atoms with Gasteiger partial charge in [-0.3, -0.25) is 9.59 Å². The average Bonchev–Trinajstić information content (AvgIpc) is 2.63. The predicted molar refractivity (Wildman–Crippen MR) is 107 cm³/mol. The van der Waals surface area contributed by atoms with Crippen molar-refractivity contribution in [2.45, 2.75) is 39.5 Å². The monoisotopic (exact) mass is 403 g/mol. The highest BCUT2D eigenvalue weighted by Crippen LogP contribution is 2.22. The fourth-order valence-electron chi connectivity index (χ4n) is 2.94. The second-order valence-corrected chi connectivity index (χ2v) is 8.62. The van der Waals surface area contributed by atoms with Gasteiger partial charge < -0.3 is 4.74 Å². The van der Waals surface area contributed by atoms with E-state index in [4.69, 9.17) is 4.74 Å². The van der Waals surface area contributed by atoms with Crippen LogP contribution in [0.1, 0.15) is 38.2 Å². The van der Waals surface area contributed by atoms with Crippen molar-refractivity contribution in [3.8, 4) is 0 Å². The molecule has 0 radical (unpaired) electrons. The number of hydrogen-bond acceptors (Lipinski definition) is 5. The molecule has 2 aromatic carbocycles. The van der Waals surface area contributed by atoms with E-state index < -0.39 is 29.1 Å². The van der Waals surface area contributed by atoms with Gasteiger partial charge in [-0.2, -0.15) is 4.72 Å². The predicted octanol–water partition coefficient (Wildman–Crippen LogP) is 2.93. The number of Topliss-reactive ketones (excluding diaryl/α,β-unsaturated/α-hetero) is 1. The molecule has 1 N–H and O–H groups in total. The van der Waals surface area contributed by atoms with E-state index in [-0.39, 0.29) is 10.7 Å². The zero-order valence-electron chi connectivity index (χ0n) is 16.8. The van der Waals surface area contributed by atoms with E-state index in [2.05, 4.69) is 4.72 Å². The summed E-state index contributed by atoms with van der Waals surface area (Å²) in [6, 6.07) is 8.17. The molecule has 0 aliphatic rings. The number of aryl methyl sites for hydroxylation is 3. The lowest BCUT2D eigenvalue weighted by Gasteiger charge is -2.14. The summed E-state index contributed by atoms with van der Waals surface area (Å²) in [6.45, 7) is 8.47. The van der Waals surface area contributed by atoms with Crippen molar-refractivity contribution in [3.05, 3.63) is 63.7 Å². The Balaban J connectivity index is 1.97. The molecule has 0 atom stereocenters. The first kappa shape index (κ1) is 21.8. The molecule has 0 amide bonds. The third-order valence-corrected chi connectivity index (χ3v) is 6.15. The van der Waals surface area contributed by atoms with Gasteiger partial charge in [0.2, 0.25) is 15.8 Å². The van der Waals surface area contributed by atoms with Crippen LogP contribution in [0.4, 0.5) is 0 Å². The van der Waals surface area contributed by atoms with Crippen LogP contribution < -0.4 is 4.72 Å². The molecule has 0 spiro atoms. The van der Waals surface area contributed by atoms with Gasteiger partial charge in [-0.25, -0.2) is 8.42 Å². The number of ether oxygens (including phenoxy) is 1. The molecule has 0 saturated carbocycles. The van der Waals surface area contributed by atoms with E-state index in [1.807, 2.05) is 40.7 Å². The number of rotatable bonds is 7. The number of esters is 1. The first-order chi connectivity index (χ1) is 13.0. The molecular weight excluding hydrogens is 378 g/mol. The normalized spacial score (nSPS) is 11.3. The third kappa shape index (κ3) is 5.05. The first-order valence-electron chi connectivity index (χ1n) is 8.85. The Labute approximate surface area is 166 Å². The molecule has 0 bridgehead atoms. The number of carbonyl (C=O) groups excluding carboxylic acids is 2. The Hall–Kier alpha value is -2.51. The van der Waals surface area contributed by atoms with Gasteiger partial charge in [0, 0.05) is 5.56 Å². The molecular formula is C21H25NO5S. The Kier molecular flexibility index (Phi) is 6.74. The summed E-state index contributed by atoms with van der Waals surface area (Å²) in [6.07, 6.45) is 0. The highest BCUT2D eigenvalue weighted by atomic mass is 32.2. The van der Waals surface area contributed by atoms with Crippen LogP contribution in [0.2, 0.25) is 0 Å². The second-order valence-electron chi connectivity index (χ2n) is 6.86. The molecule has 2 rings (SSSR count). The van der Waals surface area contributed by atoms with Gasteiger partial charge in [-0.05, 0) is 69.0 Å². The van der Waals surface area contributed by atoms with Crippen molar-refractivity contribution in [2.24, 2.45) is 0 Å². The molecule has 0 unspecified atom stereocenters. The molecule has 150 valence electrons. The third-order valence-electron chi connectivity index (χ3n) is 4.74.